The Labute approximate surface area is 152 Å². The van der Waals surface area contributed by atoms with E-state index in [2.05, 4.69) is 15.2 Å². The number of aromatic nitrogens is 1. The van der Waals surface area contributed by atoms with Crippen molar-refractivity contribution in [2.75, 3.05) is 23.8 Å². The van der Waals surface area contributed by atoms with Crippen molar-refractivity contribution in [3.05, 3.63) is 90.0 Å². The Balaban J connectivity index is 1.59. The molecule has 5 heteroatoms. The Morgan fingerprint density at radius 2 is 1.73 bits per heavy atom. The van der Waals surface area contributed by atoms with Gasteiger partial charge in [-0.05, 0) is 60.5 Å². The fourth-order valence-corrected chi connectivity index (χ4v) is 2.62. The normalized spacial score (nSPS) is 10.4. The summed E-state index contributed by atoms with van der Waals surface area (Å²) in [5.74, 6) is -0.987. The van der Waals surface area contributed by atoms with Crippen LogP contribution < -0.4 is 10.2 Å². The highest BCUT2D eigenvalue weighted by atomic mass is 19.1. The number of nitrogens with zero attached hydrogens (tertiary/aromatic N) is 2. The van der Waals surface area contributed by atoms with Gasteiger partial charge >= 0.3 is 0 Å². The number of hydrogen-bond acceptors (Lipinski definition) is 3. The molecule has 0 atom stereocenters. The van der Waals surface area contributed by atoms with Gasteiger partial charge in [-0.3, -0.25) is 9.78 Å². The topological polar surface area (TPSA) is 45.2 Å². The number of anilines is 2. The van der Waals surface area contributed by atoms with Gasteiger partial charge in [-0.25, -0.2) is 4.39 Å². The molecule has 132 valence electrons. The second-order valence-electron chi connectivity index (χ2n) is 6.01. The van der Waals surface area contributed by atoms with Gasteiger partial charge in [0, 0.05) is 37.4 Å². The molecule has 0 aliphatic carbocycles. The molecule has 0 aliphatic rings. The molecule has 1 heterocycles. The first kappa shape index (κ1) is 17.6. The Kier molecular flexibility index (Phi) is 5.59. The minimum Gasteiger partial charge on any atom is -0.374 e. The number of nitrogens with one attached hydrogen (secondary N) is 1. The van der Waals surface area contributed by atoms with Crippen LogP contribution in [0, 0.1) is 5.82 Å². The molecule has 1 amide bonds. The summed E-state index contributed by atoms with van der Waals surface area (Å²) in [7, 11) is 2.02. The molecule has 1 aromatic heterocycles. The Morgan fingerprint density at radius 3 is 2.42 bits per heavy atom. The van der Waals surface area contributed by atoms with Crippen LogP contribution in [0.3, 0.4) is 0 Å². The van der Waals surface area contributed by atoms with Crippen LogP contribution in [0.5, 0.6) is 0 Å². The molecule has 0 saturated carbocycles. The largest absolute Gasteiger partial charge is 0.374 e. The number of carbonyl (C=O) groups excluding carboxylic acids is 1. The maximum absolute atomic E-state index is 13.7. The molecule has 0 saturated heterocycles. The van der Waals surface area contributed by atoms with Crippen LogP contribution >= 0.6 is 0 Å². The van der Waals surface area contributed by atoms with Crippen molar-refractivity contribution in [1.82, 2.24) is 4.98 Å². The minimum atomic E-state index is -0.530. The van der Waals surface area contributed by atoms with Gasteiger partial charge < -0.3 is 10.2 Å². The standard InChI is InChI=1S/C21H20FN3O/c1-25(15-12-16-10-13-23-14-11-16)18-8-6-17(7-9-18)24-21(26)19-4-2-3-5-20(19)22/h2-11,13-14H,12,15H2,1H3,(H,24,26). The van der Waals surface area contributed by atoms with E-state index in [0.717, 1.165) is 18.7 Å². The van der Waals surface area contributed by atoms with Crippen molar-refractivity contribution in [2.45, 2.75) is 6.42 Å². The summed E-state index contributed by atoms with van der Waals surface area (Å²) >= 11 is 0. The van der Waals surface area contributed by atoms with Crippen molar-refractivity contribution in [3.63, 3.8) is 0 Å². The zero-order valence-electron chi connectivity index (χ0n) is 14.5. The Bertz CT molecular complexity index is 866. The van der Waals surface area contributed by atoms with Crippen LogP contribution in [0.2, 0.25) is 0 Å². The lowest BCUT2D eigenvalue weighted by atomic mass is 10.1. The van der Waals surface area contributed by atoms with Crippen LogP contribution in [0.15, 0.2) is 73.1 Å². The summed E-state index contributed by atoms with van der Waals surface area (Å²) in [5.41, 5.74) is 2.94. The molecular formula is C21H20FN3O. The maximum Gasteiger partial charge on any atom is 0.258 e. The van der Waals surface area contributed by atoms with E-state index in [9.17, 15) is 9.18 Å². The van der Waals surface area contributed by atoms with E-state index in [1.54, 1.807) is 24.5 Å². The molecule has 0 radical (unpaired) electrons. The smallest absolute Gasteiger partial charge is 0.258 e. The van der Waals surface area contributed by atoms with Gasteiger partial charge in [0.05, 0.1) is 5.56 Å². The third kappa shape index (κ3) is 4.45. The molecule has 1 N–H and O–H groups in total. The monoisotopic (exact) mass is 349 g/mol. The molecule has 0 bridgehead atoms. The first-order valence-electron chi connectivity index (χ1n) is 8.39. The number of rotatable bonds is 6. The lowest BCUT2D eigenvalue weighted by Gasteiger charge is -2.19. The lowest BCUT2D eigenvalue weighted by Crippen LogP contribution is -2.20. The van der Waals surface area contributed by atoms with Crippen molar-refractivity contribution >= 4 is 17.3 Å². The quantitative estimate of drug-likeness (QED) is 0.727. The van der Waals surface area contributed by atoms with Gasteiger partial charge in [0.2, 0.25) is 0 Å². The molecule has 26 heavy (non-hydrogen) atoms. The van der Waals surface area contributed by atoms with Crippen molar-refractivity contribution in [1.29, 1.82) is 0 Å². The predicted octanol–water partition coefficient (Wildman–Crippen LogP) is 4.15. The van der Waals surface area contributed by atoms with E-state index in [0.29, 0.717) is 5.69 Å². The predicted molar refractivity (Wildman–Crippen MR) is 102 cm³/mol. The highest BCUT2D eigenvalue weighted by Crippen LogP contribution is 2.18. The van der Waals surface area contributed by atoms with Crippen molar-refractivity contribution in [3.8, 4) is 0 Å². The highest BCUT2D eigenvalue weighted by Gasteiger charge is 2.11. The first-order valence-corrected chi connectivity index (χ1v) is 8.39. The molecule has 2 aromatic carbocycles. The van der Waals surface area contributed by atoms with Crippen molar-refractivity contribution < 1.29 is 9.18 Å². The highest BCUT2D eigenvalue weighted by molar-refractivity contribution is 6.04. The van der Waals surface area contributed by atoms with Crippen molar-refractivity contribution in [2.24, 2.45) is 0 Å². The summed E-state index contributed by atoms with van der Waals surface area (Å²) in [5, 5.41) is 2.72. The number of benzene rings is 2. The summed E-state index contributed by atoms with van der Waals surface area (Å²) in [6.45, 7) is 0.866. The maximum atomic E-state index is 13.7. The SMILES string of the molecule is CN(CCc1ccncc1)c1ccc(NC(=O)c2ccccc2F)cc1. The minimum absolute atomic E-state index is 0.0334. The molecular weight excluding hydrogens is 329 g/mol. The average Bonchev–Trinajstić information content (AvgIpc) is 2.68. The summed E-state index contributed by atoms with van der Waals surface area (Å²) in [4.78, 5) is 18.3. The number of amides is 1. The fourth-order valence-electron chi connectivity index (χ4n) is 2.62. The zero-order valence-corrected chi connectivity index (χ0v) is 14.5. The Morgan fingerprint density at radius 1 is 1.04 bits per heavy atom. The molecule has 3 aromatic rings. The number of hydrogen-bond donors (Lipinski definition) is 1. The van der Waals surface area contributed by atoms with E-state index in [1.807, 2.05) is 43.4 Å². The molecule has 0 aliphatic heterocycles. The second kappa shape index (κ2) is 8.25. The second-order valence-corrected chi connectivity index (χ2v) is 6.01. The zero-order chi connectivity index (χ0) is 18.4. The van der Waals surface area contributed by atoms with Crippen LogP contribution in [0.4, 0.5) is 15.8 Å². The molecule has 0 unspecified atom stereocenters. The lowest BCUT2D eigenvalue weighted by molar-refractivity contribution is 0.102. The average molecular weight is 349 g/mol. The number of carbonyl (C=O) groups is 1. The first-order chi connectivity index (χ1) is 12.6. The third-order valence-electron chi connectivity index (χ3n) is 4.17. The van der Waals surface area contributed by atoms with Gasteiger partial charge in [-0.2, -0.15) is 0 Å². The Hall–Kier alpha value is -3.21. The van der Waals surface area contributed by atoms with E-state index >= 15 is 0 Å². The summed E-state index contributed by atoms with van der Waals surface area (Å²) < 4.78 is 13.7. The summed E-state index contributed by atoms with van der Waals surface area (Å²) in [6.07, 6.45) is 4.51. The van der Waals surface area contributed by atoms with E-state index in [-0.39, 0.29) is 5.56 Å². The van der Waals surface area contributed by atoms with E-state index in [4.69, 9.17) is 0 Å². The van der Waals surface area contributed by atoms with Crippen LogP contribution in [-0.2, 0) is 6.42 Å². The van der Waals surface area contributed by atoms with E-state index < -0.39 is 11.7 Å². The molecule has 0 fully saturated rings. The van der Waals surface area contributed by atoms with Gasteiger partial charge in [0.15, 0.2) is 0 Å². The van der Waals surface area contributed by atoms with Crippen LogP contribution in [-0.4, -0.2) is 24.5 Å². The third-order valence-corrected chi connectivity index (χ3v) is 4.17. The number of pyridine rings is 1. The molecule has 0 spiro atoms. The van der Waals surface area contributed by atoms with Crippen LogP contribution in [0.25, 0.3) is 0 Å². The summed E-state index contributed by atoms with van der Waals surface area (Å²) in [6, 6.07) is 17.5. The molecule has 4 nitrogen and oxygen atoms in total. The fraction of sp³-hybridized carbons (Fsp3) is 0.143. The number of likely N-dealkylation sites (N-methyl/N-ethyl adjacent to an activating group) is 1. The van der Waals surface area contributed by atoms with Gasteiger partial charge in [-0.15, -0.1) is 0 Å². The molecule has 3 rings (SSSR count). The van der Waals surface area contributed by atoms with Gasteiger partial charge in [-0.1, -0.05) is 12.1 Å². The van der Waals surface area contributed by atoms with E-state index in [1.165, 1.54) is 17.7 Å². The van der Waals surface area contributed by atoms with Crippen LogP contribution in [0.1, 0.15) is 15.9 Å². The van der Waals surface area contributed by atoms with Gasteiger partial charge in [0.1, 0.15) is 5.82 Å². The van der Waals surface area contributed by atoms with Gasteiger partial charge in [0.25, 0.3) is 5.91 Å². The number of halogens is 1.